The predicted molar refractivity (Wildman–Crippen MR) is 115 cm³/mol. The third-order valence-electron chi connectivity index (χ3n) is 6.58. The minimum absolute atomic E-state index is 0.0712. The number of amides is 1. The molecule has 0 bridgehead atoms. The Labute approximate surface area is 193 Å². The Hall–Kier alpha value is -3.68. The second-order valence-corrected chi connectivity index (χ2v) is 8.97. The first kappa shape index (κ1) is 22.1. The van der Waals surface area contributed by atoms with Crippen LogP contribution in [-0.4, -0.2) is 37.8 Å². The Morgan fingerprint density at radius 2 is 2.15 bits per heavy atom. The van der Waals surface area contributed by atoms with Crippen molar-refractivity contribution in [1.29, 1.82) is 5.26 Å². The van der Waals surface area contributed by atoms with Gasteiger partial charge in [0.25, 0.3) is 0 Å². The lowest BCUT2D eigenvalue weighted by atomic mass is 9.78. The fourth-order valence-corrected chi connectivity index (χ4v) is 5.06. The molecule has 2 fully saturated rings. The van der Waals surface area contributed by atoms with Crippen LogP contribution < -0.4 is 4.90 Å². The summed E-state index contributed by atoms with van der Waals surface area (Å²) in [6.07, 6.45) is 0.628. The summed E-state index contributed by atoms with van der Waals surface area (Å²) in [7, 11) is 0. The van der Waals surface area contributed by atoms with Gasteiger partial charge in [0.05, 0.1) is 53.1 Å². The highest BCUT2D eigenvalue weighted by molar-refractivity contribution is 5.90. The lowest BCUT2D eigenvalue weighted by Gasteiger charge is -2.36. The largest absolute Gasteiger partial charge is 0.451 e. The number of nitrogens with zero attached hydrogens (tertiary/aromatic N) is 6. The average molecular weight is 470 g/mol. The molecule has 8 nitrogen and oxygen atoms in total. The van der Waals surface area contributed by atoms with Crippen molar-refractivity contribution in [1.82, 2.24) is 19.5 Å². The number of rotatable bonds is 3. The van der Waals surface area contributed by atoms with Crippen molar-refractivity contribution in [2.24, 2.45) is 5.92 Å². The molecule has 3 heterocycles. The van der Waals surface area contributed by atoms with Crippen LogP contribution in [0.1, 0.15) is 42.8 Å². The van der Waals surface area contributed by atoms with E-state index in [0.717, 1.165) is 30.1 Å². The van der Waals surface area contributed by atoms with Crippen molar-refractivity contribution >= 4 is 22.8 Å². The van der Waals surface area contributed by atoms with E-state index in [1.54, 1.807) is 12.4 Å². The number of fused-ring (bicyclic) bond motifs is 1. The molecule has 2 atom stereocenters. The van der Waals surface area contributed by atoms with Crippen LogP contribution in [0.25, 0.3) is 11.0 Å². The van der Waals surface area contributed by atoms with Gasteiger partial charge in [0.2, 0.25) is 5.82 Å². The summed E-state index contributed by atoms with van der Waals surface area (Å²) in [5.74, 6) is -1.03. The monoisotopic (exact) mass is 470 g/mol. The maximum Gasteiger partial charge on any atom is 0.451 e. The van der Waals surface area contributed by atoms with Crippen molar-refractivity contribution in [2.45, 2.75) is 50.9 Å². The molecule has 5 rings (SSSR count). The van der Waals surface area contributed by atoms with E-state index in [-0.39, 0.29) is 23.8 Å². The molecule has 1 aromatic carbocycles. The van der Waals surface area contributed by atoms with Crippen molar-refractivity contribution in [2.75, 3.05) is 11.4 Å². The highest BCUT2D eigenvalue weighted by Crippen LogP contribution is 2.42. The summed E-state index contributed by atoms with van der Waals surface area (Å²) in [6, 6.07) is 7.50. The minimum atomic E-state index is -4.65. The Morgan fingerprint density at radius 1 is 1.32 bits per heavy atom. The Kier molecular flexibility index (Phi) is 5.19. The first-order chi connectivity index (χ1) is 16.2. The van der Waals surface area contributed by atoms with Crippen LogP contribution in [0.3, 0.4) is 0 Å². The number of aromatic nitrogens is 4. The fourth-order valence-electron chi connectivity index (χ4n) is 5.06. The van der Waals surface area contributed by atoms with E-state index in [2.05, 4.69) is 21.0 Å². The average Bonchev–Trinajstić information content (AvgIpc) is 3.33. The lowest BCUT2D eigenvalue weighted by Crippen LogP contribution is -2.40. The van der Waals surface area contributed by atoms with Gasteiger partial charge in [0.1, 0.15) is 5.60 Å². The molecule has 2 unspecified atom stereocenters. The molecule has 0 radical (unpaired) electrons. The molecule has 176 valence electrons. The Bertz CT molecular complexity index is 1310. The van der Waals surface area contributed by atoms with E-state index in [4.69, 9.17) is 4.74 Å². The van der Waals surface area contributed by atoms with Gasteiger partial charge in [-0.05, 0) is 56.7 Å². The van der Waals surface area contributed by atoms with Gasteiger partial charge in [-0.15, -0.1) is 0 Å². The van der Waals surface area contributed by atoms with Crippen LogP contribution in [0.4, 0.5) is 23.7 Å². The highest BCUT2D eigenvalue weighted by atomic mass is 19.4. The fraction of sp³-hybridized carbons (Fsp3) is 0.435. The van der Waals surface area contributed by atoms with Crippen molar-refractivity contribution in [3.63, 3.8) is 0 Å². The number of carbonyl (C=O) groups is 1. The van der Waals surface area contributed by atoms with Gasteiger partial charge in [-0.3, -0.25) is 4.90 Å². The third kappa shape index (κ3) is 3.93. The molecule has 1 aliphatic heterocycles. The number of aryl methyl sites for hydroxylation is 1. The standard InChI is InChI=1S/C23H21F3N6O2/c1-14-19(10-28-20(30-14)23(24,25)26)32-12-22(34-21(32)33)6-2-3-16(8-22)11-31-13-29-17-5-4-15(9-27)7-18(17)31/h4-5,7,10,13,16H,2-3,6,8,11-12H2,1H3. The molecule has 34 heavy (non-hydrogen) atoms. The van der Waals surface area contributed by atoms with Crippen LogP contribution in [0.2, 0.25) is 0 Å². The summed E-state index contributed by atoms with van der Waals surface area (Å²) in [6.45, 7) is 2.32. The summed E-state index contributed by atoms with van der Waals surface area (Å²) >= 11 is 0. The van der Waals surface area contributed by atoms with Crippen molar-refractivity contribution in [3.05, 3.63) is 47.8 Å². The number of carbonyl (C=O) groups excluding carboxylic acids is 1. The molecule has 0 N–H and O–H groups in total. The molecular formula is C23H21F3N6O2. The topological polar surface area (TPSA) is 96.9 Å². The molecule has 3 aromatic rings. The van der Waals surface area contributed by atoms with Crippen LogP contribution in [0.5, 0.6) is 0 Å². The van der Waals surface area contributed by atoms with Gasteiger partial charge < -0.3 is 9.30 Å². The maximum absolute atomic E-state index is 12.9. The predicted octanol–water partition coefficient (Wildman–Crippen LogP) is 4.61. The number of benzene rings is 1. The van der Waals surface area contributed by atoms with Gasteiger partial charge in [-0.25, -0.2) is 19.7 Å². The van der Waals surface area contributed by atoms with E-state index < -0.39 is 23.7 Å². The normalized spacial score (nSPS) is 22.9. The SMILES string of the molecule is Cc1nc(C(F)(F)F)ncc1N1CC2(CCCC(Cn3cnc4ccc(C#N)cc43)C2)OC1=O. The number of hydrogen-bond donors (Lipinski definition) is 0. The zero-order chi connectivity index (χ0) is 24.1. The third-order valence-corrected chi connectivity index (χ3v) is 6.58. The zero-order valence-corrected chi connectivity index (χ0v) is 18.3. The lowest BCUT2D eigenvalue weighted by molar-refractivity contribution is -0.145. The van der Waals surface area contributed by atoms with Crippen LogP contribution in [-0.2, 0) is 17.5 Å². The van der Waals surface area contributed by atoms with E-state index >= 15 is 0 Å². The Morgan fingerprint density at radius 3 is 2.88 bits per heavy atom. The minimum Gasteiger partial charge on any atom is -0.441 e. The van der Waals surface area contributed by atoms with Gasteiger partial charge in [0, 0.05) is 6.54 Å². The summed E-state index contributed by atoms with van der Waals surface area (Å²) < 4.78 is 46.6. The molecule has 2 aliphatic rings. The van der Waals surface area contributed by atoms with E-state index in [1.807, 2.05) is 16.7 Å². The zero-order valence-electron chi connectivity index (χ0n) is 18.3. The number of ether oxygens (including phenoxy) is 1. The molecule has 1 amide bonds. The molecule has 1 saturated carbocycles. The number of halogens is 3. The van der Waals surface area contributed by atoms with E-state index in [9.17, 15) is 23.2 Å². The molecule has 11 heteroatoms. The first-order valence-corrected chi connectivity index (χ1v) is 10.9. The van der Waals surface area contributed by atoms with Crippen LogP contribution in [0.15, 0.2) is 30.7 Å². The van der Waals surface area contributed by atoms with Crippen LogP contribution in [0, 0.1) is 24.2 Å². The number of anilines is 1. The summed E-state index contributed by atoms with van der Waals surface area (Å²) in [5, 5.41) is 9.21. The van der Waals surface area contributed by atoms with Crippen molar-refractivity contribution < 1.29 is 22.7 Å². The molecular weight excluding hydrogens is 449 g/mol. The van der Waals surface area contributed by atoms with Gasteiger partial charge in [-0.1, -0.05) is 0 Å². The van der Waals surface area contributed by atoms with E-state index in [0.29, 0.717) is 24.9 Å². The second kappa shape index (κ2) is 7.97. The van der Waals surface area contributed by atoms with Gasteiger partial charge >= 0.3 is 12.3 Å². The molecule has 1 spiro atoms. The summed E-state index contributed by atoms with van der Waals surface area (Å²) in [5.41, 5.74) is 1.82. The highest BCUT2D eigenvalue weighted by Gasteiger charge is 2.49. The number of nitriles is 1. The first-order valence-electron chi connectivity index (χ1n) is 10.9. The molecule has 1 saturated heterocycles. The van der Waals surface area contributed by atoms with Crippen molar-refractivity contribution in [3.8, 4) is 6.07 Å². The van der Waals surface area contributed by atoms with Gasteiger partial charge in [-0.2, -0.15) is 18.4 Å². The van der Waals surface area contributed by atoms with Gasteiger partial charge in [0.15, 0.2) is 0 Å². The molecule has 1 aliphatic carbocycles. The number of alkyl halides is 3. The second-order valence-electron chi connectivity index (χ2n) is 8.97. The Balaban J connectivity index is 1.35. The quantitative estimate of drug-likeness (QED) is 0.555. The summed E-state index contributed by atoms with van der Waals surface area (Å²) in [4.78, 5) is 25.4. The van der Waals surface area contributed by atoms with Crippen LogP contribution >= 0.6 is 0 Å². The smallest absolute Gasteiger partial charge is 0.441 e. The number of hydrogen-bond acceptors (Lipinski definition) is 6. The van der Waals surface area contributed by atoms with E-state index in [1.165, 1.54) is 11.8 Å². The number of imidazole rings is 1. The maximum atomic E-state index is 12.9. The molecule has 2 aromatic heterocycles.